The molecule has 1 saturated heterocycles. The summed E-state index contributed by atoms with van der Waals surface area (Å²) in [4.78, 5) is 28.7. The van der Waals surface area contributed by atoms with Gasteiger partial charge >= 0.3 is 6.03 Å². The fourth-order valence-electron chi connectivity index (χ4n) is 2.19. The molecule has 126 valence electrons. The first kappa shape index (κ1) is 17.3. The van der Waals surface area contributed by atoms with Crippen molar-refractivity contribution in [3.05, 3.63) is 54.2 Å². The van der Waals surface area contributed by atoms with Gasteiger partial charge in [-0.2, -0.15) is 5.10 Å². The number of likely N-dealkylation sites (N-methyl/N-ethyl adjacent to an activating group) is 2. The normalized spacial score (nSPS) is 18.3. The first-order valence-electron chi connectivity index (χ1n) is 7.35. The molecule has 24 heavy (non-hydrogen) atoms. The standard InChI is InChI=1S/C17H21N5O2/c1-12(13-9-7-6-8-10-13)18-19-15-14(11-20(2)3)16(23)22(5)17(24)21(15)4/h6-11,18H,1H2,2-5H3/b14-11+,19-15+. The molecular weight excluding hydrogens is 306 g/mol. The molecule has 1 aliphatic heterocycles. The molecule has 0 aromatic heterocycles. The molecule has 2 rings (SSSR count). The molecule has 1 aromatic carbocycles. The highest BCUT2D eigenvalue weighted by atomic mass is 16.2. The van der Waals surface area contributed by atoms with E-state index in [4.69, 9.17) is 0 Å². The van der Waals surface area contributed by atoms with Gasteiger partial charge in [0.15, 0.2) is 5.84 Å². The van der Waals surface area contributed by atoms with Crippen LogP contribution in [0.25, 0.3) is 5.70 Å². The minimum atomic E-state index is -0.443. The third-order valence-corrected chi connectivity index (χ3v) is 3.47. The van der Waals surface area contributed by atoms with Crippen LogP contribution in [0, 0.1) is 0 Å². The number of imide groups is 1. The van der Waals surface area contributed by atoms with Crippen LogP contribution in [0.5, 0.6) is 0 Å². The topological polar surface area (TPSA) is 68.2 Å². The van der Waals surface area contributed by atoms with Crippen molar-refractivity contribution in [1.29, 1.82) is 0 Å². The van der Waals surface area contributed by atoms with Gasteiger partial charge in [0.05, 0.1) is 5.70 Å². The van der Waals surface area contributed by atoms with Gasteiger partial charge in [0, 0.05) is 34.4 Å². The van der Waals surface area contributed by atoms with E-state index in [1.54, 1.807) is 32.2 Å². The van der Waals surface area contributed by atoms with Crippen LogP contribution in [0.4, 0.5) is 4.79 Å². The Balaban J connectivity index is 2.34. The third kappa shape index (κ3) is 3.45. The number of hydrazone groups is 1. The monoisotopic (exact) mass is 327 g/mol. The lowest BCUT2D eigenvalue weighted by Gasteiger charge is -2.32. The number of carbonyl (C=O) groups is 2. The Morgan fingerprint density at radius 2 is 1.79 bits per heavy atom. The summed E-state index contributed by atoms with van der Waals surface area (Å²) in [6.45, 7) is 3.93. The predicted molar refractivity (Wildman–Crippen MR) is 93.7 cm³/mol. The number of amidine groups is 1. The molecule has 0 aliphatic carbocycles. The minimum Gasteiger partial charge on any atom is -0.383 e. The first-order chi connectivity index (χ1) is 11.3. The Bertz CT molecular complexity index is 722. The van der Waals surface area contributed by atoms with Gasteiger partial charge < -0.3 is 4.90 Å². The third-order valence-electron chi connectivity index (χ3n) is 3.47. The van der Waals surface area contributed by atoms with Gasteiger partial charge in [0.1, 0.15) is 5.57 Å². The van der Waals surface area contributed by atoms with Crippen LogP contribution in [0.15, 0.2) is 53.8 Å². The highest BCUT2D eigenvalue weighted by Crippen LogP contribution is 2.17. The highest BCUT2D eigenvalue weighted by Gasteiger charge is 2.36. The van der Waals surface area contributed by atoms with E-state index < -0.39 is 11.9 Å². The van der Waals surface area contributed by atoms with Crippen molar-refractivity contribution < 1.29 is 9.59 Å². The molecule has 1 aromatic rings. The number of benzene rings is 1. The average Bonchev–Trinajstić information content (AvgIpc) is 2.57. The van der Waals surface area contributed by atoms with Gasteiger partial charge in [-0.25, -0.2) is 4.79 Å². The van der Waals surface area contributed by atoms with Crippen molar-refractivity contribution in [2.75, 3.05) is 28.2 Å². The molecule has 3 amide bonds. The van der Waals surface area contributed by atoms with Gasteiger partial charge in [0.2, 0.25) is 0 Å². The molecule has 0 atom stereocenters. The molecule has 1 heterocycles. The summed E-state index contributed by atoms with van der Waals surface area (Å²) in [5.74, 6) is -0.161. The number of nitrogens with one attached hydrogen (secondary N) is 1. The number of rotatable bonds is 4. The predicted octanol–water partition coefficient (Wildman–Crippen LogP) is 1.53. The molecule has 7 heteroatoms. The van der Waals surface area contributed by atoms with Crippen LogP contribution in [-0.4, -0.2) is 60.7 Å². The van der Waals surface area contributed by atoms with E-state index in [1.165, 1.54) is 11.9 Å². The summed E-state index contributed by atoms with van der Waals surface area (Å²) in [6.07, 6.45) is 1.63. The summed E-state index contributed by atoms with van der Waals surface area (Å²) in [7, 11) is 6.60. The van der Waals surface area contributed by atoms with Crippen molar-refractivity contribution in [2.45, 2.75) is 0 Å². The van der Waals surface area contributed by atoms with E-state index in [1.807, 2.05) is 30.3 Å². The van der Waals surface area contributed by atoms with Crippen molar-refractivity contribution in [3.63, 3.8) is 0 Å². The maximum absolute atomic E-state index is 12.4. The second-order valence-electron chi connectivity index (χ2n) is 5.60. The Labute approximate surface area is 141 Å². The average molecular weight is 327 g/mol. The fourth-order valence-corrected chi connectivity index (χ4v) is 2.19. The molecule has 1 aliphatic rings. The smallest absolute Gasteiger partial charge is 0.332 e. The Morgan fingerprint density at radius 3 is 2.38 bits per heavy atom. The number of urea groups is 1. The SMILES string of the molecule is C=C(N/N=C1\C(=C/N(C)C)C(=O)N(C)C(=O)N1C)c1ccccc1. The summed E-state index contributed by atoms with van der Waals surface area (Å²) in [5.41, 5.74) is 4.58. The molecule has 0 saturated carbocycles. The summed E-state index contributed by atoms with van der Waals surface area (Å²) in [5, 5.41) is 4.24. The number of carbonyl (C=O) groups excluding carboxylic acids is 2. The lowest BCUT2D eigenvalue weighted by atomic mass is 10.1. The zero-order valence-corrected chi connectivity index (χ0v) is 14.3. The van der Waals surface area contributed by atoms with E-state index in [9.17, 15) is 9.59 Å². The van der Waals surface area contributed by atoms with Crippen LogP contribution < -0.4 is 5.43 Å². The molecule has 0 spiro atoms. The Kier molecular flexibility index (Phi) is 5.03. The van der Waals surface area contributed by atoms with Crippen LogP contribution >= 0.6 is 0 Å². The van der Waals surface area contributed by atoms with Gasteiger partial charge in [-0.15, -0.1) is 0 Å². The first-order valence-corrected chi connectivity index (χ1v) is 7.35. The van der Waals surface area contributed by atoms with Gasteiger partial charge in [-0.05, 0) is 5.56 Å². The lowest BCUT2D eigenvalue weighted by Crippen LogP contribution is -2.53. The van der Waals surface area contributed by atoms with E-state index in [-0.39, 0.29) is 5.84 Å². The molecule has 7 nitrogen and oxygen atoms in total. The minimum absolute atomic E-state index is 0.244. The van der Waals surface area contributed by atoms with E-state index >= 15 is 0 Å². The number of hydrogen-bond acceptors (Lipinski definition) is 5. The number of amides is 3. The second-order valence-corrected chi connectivity index (χ2v) is 5.60. The van der Waals surface area contributed by atoms with E-state index in [0.717, 1.165) is 10.5 Å². The van der Waals surface area contributed by atoms with Crippen molar-refractivity contribution in [2.24, 2.45) is 5.10 Å². The summed E-state index contributed by atoms with van der Waals surface area (Å²) >= 11 is 0. The Hall–Kier alpha value is -3.09. The molecule has 0 unspecified atom stereocenters. The van der Waals surface area contributed by atoms with Gasteiger partial charge in [0.25, 0.3) is 5.91 Å². The second kappa shape index (κ2) is 6.99. The number of hydrogen-bond donors (Lipinski definition) is 1. The maximum Gasteiger partial charge on any atom is 0.332 e. The van der Waals surface area contributed by atoms with Gasteiger partial charge in [-0.3, -0.25) is 20.0 Å². The zero-order chi connectivity index (χ0) is 17.9. The highest BCUT2D eigenvalue weighted by molar-refractivity contribution is 6.30. The zero-order valence-electron chi connectivity index (χ0n) is 14.3. The lowest BCUT2D eigenvalue weighted by molar-refractivity contribution is -0.123. The van der Waals surface area contributed by atoms with Crippen LogP contribution in [0.3, 0.4) is 0 Å². The largest absolute Gasteiger partial charge is 0.383 e. The molecule has 1 N–H and O–H groups in total. The van der Waals surface area contributed by atoms with Crippen molar-refractivity contribution in [1.82, 2.24) is 20.1 Å². The van der Waals surface area contributed by atoms with Gasteiger partial charge in [-0.1, -0.05) is 36.9 Å². The maximum atomic E-state index is 12.4. The summed E-state index contributed by atoms with van der Waals surface area (Å²) < 4.78 is 0. The molecule has 0 radical (unpaired) electrons. The van der Waals surface area contributed by atoms with E-state index in [2.05, 4.69) is 17.1 Å². The quantitative estimate of drug-likeness (QED) is 0.673. The molecule has 0 bridgehead atoms. The summed E-state index contributed by atoms with van der Waals surface area (Å²) in [6, 6.07) is 9.02. The molecule has 1 fully saturated rings. The Morgan fingerprint density at radius 1 is 1.17 bits per heavy atom. The fraction of sp³-hybridized carbons (Fsp3) is 0.235. The van der Waals surface area contributed by atoms with Crippen LogP contribution in [-0.2, 0) is 4.79 Å². The number of nitrogens with zero attached hydrogens (tertiary/aromatic N) is 4. The van der Waals surface area contributed by atoms with Crippen molar-refractivity contribution in [3.8, 4) is 0 Å². The van der Waals surface area contributed by atoms with E-state index in [0.29, 0.717) is 11.3 Å². The van der Waals surface area contributed by atoms with Crippen LogP contribution in [0.2, 0.25) is 0 Å². The van der Waals surface area contributed by atoms with Crippen LogP contribution in [0.1, 0.15) is 5.56 Å². The molecular formula is C17H21N5O2. The van der Waals surface area contributed by atoms with Crippen molar-refractivity contribution >= 4 is 23.5 Å².